The molecule has 3 aliphatic rings. The van der Waals surface area contributed by atoms with Gasteiger partial charge in [-0.3, -0.25) is 9.78 Å². The van der Waals surface area contributed by atoms with Gasteiger partial charge in [0, 0.05) is 50.7 Å². The minimum atomic E-state index is 0.363. The average molecular weight is 311 g/mol. The van der Waals surface area contributed by atoms with Crippen molar-refractivity contribution < 1.29 is 4.79 Å². The molecule has 1 saturated carbocycles. The molecule has 0 spiro atoms. The van der Waals surface area contributed by atoms with Gasteiger partial charge in [0.2, 0.25) is 5.91 Å². The van der Waals surface area contributed by atoms with Crippen molar-refractivity contribution in [3.05, 3.63) is 36.2 Å². The van der Waals surface area contributed by atoms with E-state index >= 15 is 0 Å². The molecule has 0 N–H and O–H groups in total. The topological polar surface area (TPSA) is 36.4 Å². The Morgan fingerprint density at radius 1 is 1.22 bits per heavy atom. The Bertz CT molecular complexity index is 619. The number of carbonyl (C=O) groups is 1. The second-order valence-electron chi connectivity index (χ2n) is 7.27. The van der Waals surface area contributed by atoms with Crippen LogP contribution in [-0.4, -0.2) is 42.0 Å². The predicted octanol–water partition coefficient (Wildman–Crippen LogP) is 2.64. The molecular formula is C19H25N3O. The van der Waals surface area contributed by atoms with Crippen LogP contribution in [0.15, 0.2) is 30.6 Å². The highest BCUT2D eigenvalue weighted by Gasteiger charge is 2.37. The normalized spacial score (nSPS) is 29.3. The maximum Gasteiger partial charge on any atom is 0.222 e. The van der Waals surface area contributed by atoms with Crippen LogP contribution in [-0.2, 0) is 4.79 Å². The third kappa shape index (κ3) is 2.87. The molecule has 1 amide bonds. The Morgan fingerprint density at radius 3 is 2.70 bits per heavy atom. The first-order valence-electron chi connectivity index (χ1n) is 8.82. The Kier molecular flexibility index (Phi) is 3.83. The number of aromatic nitrogens is 1. The molecule has 2 aliphatic carbocycles. The van der Waals surface area contributed by atoms with E-state index in [1.807, 2.05) is 12.4 Å². The molecule has 3 atom stereocenters. The van der Waals surface area contributed by atoms with E-state index in [9.17, 15) is 4.79 Å². The molecule has 23 heavy (non-hydrogen) atoms. The van der Waals surface area contributed by atoms with Gasteiger partial charge in [-0.1, -0.05) is 12.2 Å². The van der Waals surface area contributed by atoms with Gasteiger partial charge >= 0.3 is 0 Å². The van der Waals surface area contributed by atoms with Gasteiger partial charge in [0.15, 0.2) is 0 Å². The maximum atomic E-state index is 12.6. The van der Waals surface area contributed by atoms with E-state index in [2.05, 4.69) is 39.9 Å². The number of hydrogen-bond donors (Lipinski definition) is 0. The number of fused-ring (bicyclic) bond motifs is 2. The summed E-state index contributed by atoms with van der Waals surface area (Å²) >= 11 is 0. The van der Waals surface area contributed by atoms with E-state index in [-0.39, 0.29) is 0 Å². The van der Waals surface area contributed by atoms with Gasteiger partial charge in [-0.05, 0) is 49.1 Å². The largest absolute Gasteiger partial charge is 0.368 e. The molecule has 4 nitrogen and oxygen atoms in total. The van der Waals surface area contributed by atoms with E-state index in [0.717, 1.165) is 38.5 Å². The van der Waals surface area contributed by atoms with Crippen LogP contribution in [0.2, 0.25) is 0 Å². The Hall–Kier alpha value is -1.84. The molecule has 0 unspecified atom stereocenters. The first-order valence-corrected chi connectivity index (χ1v) is 8.82. The summed E-state index contributed by atoms with van der Waals surface area (Å²) in [5.74, 6) is 2.38. The van der Waals surface area contributed by atoms with Crippen LogP contribution in [0.5, 0.6) is 0 Å². The second-order valence-corrected chi connectivity index (χ2v) is 7.27. The van der Waals surface area contributed by atoms with Crippen molar-refractivity contribution in [2.75, 3.05) is 31.1 Å². The Morgan fingerprint density at radius 2 is 2.04 bits per heavy atom. The van der Waals surface area contributed by atoms with Crippen molar-refractivity contribution in [3.8, 4) is 0 Å². The molecule has 122 valence electrons. The number of pyridine rings is 1. The fourth-order valence-electron chi connectivity index (χ4n) is 4.50. The molecule has 1 aromatic rings. The number of carbonyl (C=O) groups excluding carboxylic acids is 1. The van der Waals surface area contributed by atoms with E-state index in [0.29, 0.717) is 17.7 Å². The van der Waals surface area contributed by atoms with Crippen LogP contribution in [0, 0.1) is 24.7 Å². The maximum absolute atomic E-state index is 12.6. The number of hydrogen-bond acceptors (Lipinski definition) is 3. The third-order valence-electron chi connectivity index (χ3n) is 5.82. The van der Waals surface area contributed by atoms with E-state index in [1.54, 1.807) is 0 Å². The van der Waals surface area contributed by atoms with Gasteiger partial charge in [0.25, 0.3) is 0 Å². The summed E-state index contributed by atoms with van der Waals surface area (Å²) in [4.78, 5) is 21.2. The number of amides is 1. The molecule has 0 aromatic carbocycles. The summed E-state index contributed by atoms with van der Waals surface area (Å²) in [5, 5.41) is 0. The zero-order valence-corrected chi connectivity index (χ0v) is 13.8. The van der Waals surface area contributed by atoms with E-state index < -0.39 is 0 Å². The zero-order valence-electron chi connectivity index (χ0n) is 13.8. The lowest BCUT2D eigenvalue weighted by Crippen LogP contribution is -2.49. The van der Waals surface area contributed by atoms with E-state index in [1.165, 1.54) is 24.1 Å². The molecule has 0 radical (unpaired) electrons. The van der Waals surface area contributed by atoms with Gasteiger partial charge in [-0.25, -0.2) is 0 Å². The lowest BCUT2D eigenvalue weighted by atomic mass is 9.90. The molecule has 2 bridgehead atoms. The molecule has 4 rings (SSSR count). The minimum absolute atomic E-state index is 0.363. The van der Waals surface area contributed by atoms with E-state index in [4.69, 9.17) is 0 Å². The van der Waals surface area contributed by atoms with Crippen molar-refractivity contribution in [2.24, 2.45) is 17.8 Å². The van der Waals surface area contributed by atoms with Crippen molar-refractivity contribution >= 4 is 11.6 Å². The molecule has 2 fully saturated rings. The lowest BCUT2D eigenvalue weighted by molar-refractivity contribution is -0.132. The van der Waals surface area contributed by atoms with Crippen molar-refractivity contribution in [1.82, 2.24) is 9.88 Å². The summed E-state index contributed by atoms with van der Waals surface area (Å²) in [6, 6.07) is 2.08. The average Bonchev–Trinajstić information content (AvgIpc) is 3.18. The molecular weight excluding hydrogens is 286 g/mol. The summed E-state index contributed by atoms with van der Waals surface area (Å²) in [7, 11) is 0. The Labute approximate surface area is 138 Å². The monoisotopic (exact) mass is 311 g/mol. The summed E-state index contributed by atoms with van der Waals surface area (Å²) < 4.78 is 0. The molecule has 1 saturated heterocycles. The van der Waals surface area contributed by atoms with Crippen LogP contribution < -0.4 is 4.90 Å². The fraction of sp³-hybridized carbons (Fsp3) is 0.579. The van der Waals surface area contributed by atoms with Crippen molar-refractivity contribution in [2.45, 2.75) is 26.2 Å². The second kappa shape index (κ2) is 5.99. The number of rotatable bonds is 3. The van der Waals surface area contributed by atoms with Crippen LogP contribution in [0.25, 0.3) is 0 Å². The van der Waals surface area contributed by atoms with Crippen LogP contribution in [0.3, 0.4) is 0 Å². The smallest absolute Gasteiger partial charge is 0.222 e. The highest BCUT2D eigenvalue weighted by Crippen LogP contribution is 2.45. The van der Waals surface area contributed by atoms with Crippen molar-refractivity contribution in [1.29, 1.82) is 0 Å². The van der Waals surface area contributed by atoms with Crippen LogP contribution >= 0.6 is 0 Å². The van der Waals surface area contributed by atoms with Gasteiger partial charge in [-0.15, -0.1) is 0 Å². The molecule has 2 heterocycles. The zero-order chi connectivity index (χ0) is 15.8. The van der Waals surface area contributed by atoms with Crippen LogP contribution in [0.4, 0.5) is 5.69 Å². The summed E-state index contributed by atoms with van der Waals surface area (Å²) in [6.45, 7) is 5.64. The third-order valence-corrected chi connectivity index (χ3v) is 5.82. The standard InChI is InChI=1S/C19H25N3O/c1-14-13-20-5-4-18(14)21-6-8-22(9-7-21)19(23)12-17-11-15-2-3-16(17)10-15/h2-5,13,15-17H,6-12H2,1H3/t15-,16+,17+/m1/s1. The summed E-state index contributed by atoms with van der Waals surface area (Å²) in [5.41, 5.74) is 2.46. The number of anilines is 1. The van der Waals surface area contributed by atoms with Crippen molar-refractivity contribution in [3.63, 3.8) is 0 Å². The molecule has 4 heteroatoms. The molecule has 1 aromatic heterocycles. The quantitative estimate of drug-likeness (QED) is 0.805. The van der Waals surface area contributed by atoms with Gasteiger partial charge in [0.05, 0.1) is 0 Å². The fourth-order valence-corrected chi connectivity index (χ4v) is 4.50. The number of allylic oxidation sites excluding steroid dienone is 2. The Balaban J connectivity index is 1.32. The highest BCUT2D eigenvalue weighted by molar-refractivity contribution is 5.77. The first-order chi connectivity index (χ1) is 11.2. The minimum Gasteiger partial charge on any atom is -0.368 e. The summed E-state index contributed by atoms with van der Waals surface area (Å²) in [6.07, 6.45) is 11.7. The number of piperazine rings is 1. The van der Waals surface area contributed by atoms with Gasteiger partial charge in [0.1, 0.15) is 0 Å². The van der Waals surface area contributed by atoms with Crippen LogP contribution in [0.1, 0.15) is 24.8 Å². The first kappa shape index (κ1) is 14.7. The number of nitrogens with zero attached hydrogens (tertiary/aromatic N) is 3. The lowest BCUT2D eigenvalue weighted by Gasteiger charge is -2.37. The molecule has 1 aliphatic heterocycles. The predicted molar refractivity (Wildman–Crippen MR) is 91.2 cm³/mol. The highest BCUT2D eigenvalue weighted by atomic mass is 16.2. The SMILES string of the molecule is Cc1cnccc1N1CCN(C(=O)C[C@@H]2C[C@@H]3C=C[C@H]2C3)CC1. The van der Waals surface area contributed by atoms with Gasteiger partial charge in [-0.2, -0.15) is 0 Å². The number of aryl methyl sites for hydroxylation is 1. The van der Waals surface area contributed by atoms with Gasteiger partial charge < -0.3 is 9.80 Å².